The maximum Gasteiger partial charge on any atom is 0.339 e. The summed E-state index contributed by atoms with van der Waals surface area (Å²) < 4.78 is 0. The summed E-state index contributed by atoms with van der Waals surface area (Å²) in [6.07, 6.45) is 12.1. The number of rotatable bonds is 1. The summed E-state index contributed by atoms with van der Waals surface area (Å²) in [5.74, 6) is 0. The van der Waals surface area contributed by atoms with Gasteiger partial charge in [-0.05, 0) is 41.4 Å². The van der Waals surface area contributed by atoms with Crippen LogP contribution in [-0.2, 0) is 0 Å². The van der Waals surface area contributed by atoms with E-state index < -0.39 is 0 Å². The van der Waals surface area contributed by atoms with Gasteiger partial charge in [-0.2, -0.15) is 5.53 Å². The predicted octanol–water partition coefficient (Wildman–Crippen LogP) is 3.28. The molecule has 0 fully saturated rings. The van der Waals surface area contributed by atoms with E-state index in [9.17, 15) is 0 Å². The number of allylic oxidation sites excluding steroid dienone is 10. The molecular formula is C13H9N6+. The molecule has 6 heteroatoms. The maximum absolute atomic E-state index is 8.47. The Kier molecular flexibility index (Phi) is 2.58. The first kappa shape index (κ1) is 11.2. The molecule has 0 saturated carbocycles. The van der Waals surface area contributed by atoms with E-state index in [0.29, 0.717) is 11.4 Å². The Balaban J connectivity index is 2.14. The second kappa shape index (κ2) is 4.38. The summed E-state index contributed by atoms with van der Waals surface area (Å²) >= 11 is 0. The molecule has 90 valence electrons. The molecule has 0 aromatic carbocycles. The Morgan fingerprint density at radius 2 is 2.11 bits per heavy atom. The fourth-order valence-electron chi connectivity index (χ4n) is 2.47. The summed E-state index contributed by atoms with van der Waals surface area (Å²) in [4.78, 5) is 0. The molecule has 0 aromatic rings. The van der Waals surface area contributed by atoms with Gasteiger partial charge in [0, 0.05) is 5.57 Å². The lowest BCUT2D eigenvalue weighted by molar-refractivity contribution is 0.990. The van der Waals surface area contributed by atoms with Crippen molar-refractivity contribution in [2.24, 2.45) is 15.4 Å². The molecule has 1 N–H and O–H groups in total. The lowest BCUT2D eigenvalue weighted by Gasteiger charge is -2.09. The highest BCUT2D eigenvalue weighted by molar-refractivity contribution is 6.16. The molecule has 0 bridgehead atoms. The Morgan fingerprint density at radius 3 is 2.89 bits per heavy atom. The maximum atomic E-state index is 8.47. The number of hydrogen-bond donors (Lipinski definition) is 1. The molecule has 0 radical (unpaired) electrons. The molecule has 6 nitrogen and oxygen atoms in total. The van der Waals surface area contributed by atoms with Crippen molar-refractivity contribution in [1.29, 1.82) is 10.9 Å². The normalized spacial score (nSPS) is 23.9. The van der Waals surface area contributed by atoms with Crippen LogP contribution in [0.15, 0.2) is 74.2 Å². The van der Waals surface area contributed by atoms with E-state index in [1.165, 1.54) is 0 Å². The summed E-state index contributed by atoms with van der Waals surface area (Å²) in [6.45, 7) is 0. The highest BCUT2D eigenvalue weighted by Crippen LogP contribution is 2.40. The third kappa shape index (κ3) is 1.77. The predicted molar refractivity (Wildman–Crippen MR) is 71.2 cm³/mol. The van der Waals surface area contributed by atoms with Crippen LogP contribution in [0.1, 0.15) is 6.42 Å². The Bertz CT molecular complexity index is 719. The Labute approximate surface area is 109 Å². The van der Waals surface area contributed by atoms with Crippen molar-refractivity contribution in [2.45, 2.75) is 6.42 Å². The molecule has 0 spiro atoms. The average Bonchev–Trinajstić information content (AvgIpc) is 2.78. The van der Waals surface area contributed by atoms with Gasteiger partial charge in [-0.25, -0.2) is 0 Å². The topological polar surface area (TPSA) is 89.1 Å². The zero-order valence-electron chi connectivity index (χ0n) is 9.91. The minimum absolute atomic E-state index is 0.609. The summed E-state index contributed by atoms with van der Waals surface area (Å²) in [6, 6.07) is 0. The number of fused-ring (bicyclic) bond motifs is 2. The van der Waals surface area contributed by atoms with Gasteiger partial charge in [-0.3, -0.25) is 0 Å². The average molecular weight is 249 g/mol. The van der Waals surface area contributed by atoms with E-state index in [1.807, 2.05) is 30.4 Å². The van der Waals surface area contributed by atoms with Crippen LogP contribution in [0.2, 0.25) is 0 Å². The van der Waals surface area contributed by atoms with E-state index in [4.69, 9.17) is 10.9 Å². The molecule has 0 unspecified atom stereocenters. The second-order valence-corrected chi connectivity index (χ2v) is 4.22. The van der Waals surface area contributed by atoms with Crippen molar-refractivity contribution in [3.05, 3.63) is 63.8 Å². The molecule has 0 heterocycles. The molecule has 3 rings (SSSR count). The summed E-state index contributed by atoms with van der Waals surface area (Å²) in [5.41, 5.74) is 12.5. The van der Waals surface area contributed by atoms with Gasteiger partial charge < -0.3 is 0 Å². The van der Waals surface area contributed by atoms with Crippen LogP contribution in [0.25, 0.3) is 5.08 Å². The quantitative estimate of drug-likeness (QED) is 0.431. The molecule has 0 aliphatic heterocycles. The zero-order valence-corrected chi connectivity index (χ0v) is 9.91. The standard InChI is InChI=1S/C13H9N6/c14-18-16-10-4-5-11-9(7-10)6-8-2-1-3-12(13(8)11)17-19-15/h1-5,7,15H,6H2/q+1. The number of diazo groups is 1. The Morgan fingerprint density at radius 1 is 1.21 bits per heavy atom. The van der Waals surface area contributed by atoms with Crippen molar-refractivity contribution in [3.63, 3.8) is 0 Å². The van der Waals surface area contributed by atoms with Gasteiger partial charge in [0.1, 0.15) is 0 Å². The molecule has 0 amide bonds. The van der Waals surface area contributed by atoms with E-state index in [0.717, 1.165) is 28.7 Å². The summed E-state index contributed by atoms with van der Waals surface area (Å²) in [5, 5.41) is 21.8. The van der Waals surface area contributed by atoms with Crippen molar-refractivity contribution in [2.75, 3.05) is 0 Å². The lowest BCUT2D eigenvalue weighted by atomic mass is 9.96. The fourth-order valence-corrected chi connectivity index (χ4v) is 2.47. The largest absolute Gasteiger partial charge is 0.339 e. The first-order chi connectivity index (χ1) is 9.33. The number of nitrogens with zero attached hydrogens (tertiary/aromatic N) is 5. The lowest BCUT2D eigenvalue weighted by Crippen LogP contribution is -2.04. The van der Waals surface area contributed by atoms with Crippen LogP contribution in [0.4, 0.5) is 0 Å². The third-order valence-corrected chi connectivity index (χ3v) is 3.19. The molecule has 0 saturated heterocycles. The third-order valence-electron chi connectivity index (χ3n) is 3.19. The van der Waals surface area contributed by atoms with Gasteiger partial charge in [-0.1, -0.05) is 23.5 Å². The van der Waals surface area contributed by atoms with Crippen molar-refractivity contribution >= 4 is 11.4 Å². The van der Waals surface area contributed by atoms with Crippen LogP contribution < -0.4 is 0 Å². The molecule has 19 heavy (non-hydrogen) atoms. The smallest absolute Gasteiger partial charge is 0.185 e. The first-order valence-electron chi connectivity index (χ1n) is 5.71. The number of nitrogens with one attached hydrogen (secondary N) is 1. The minimum Gasteiger partial charge on any atom is -0.185 e. The molecular weight excluding hydrogens is 240 g/mol. The van der Waals surface area contributed by atoms with Crippen LogP contribution >= 0.6 is 0 Å². The van der Waals surface area contributed by atoms with Crippen molar-refractivity contribution < 1.29 is 0 Å². The highest BCUT2D eigenvalue weighted by atomic mass is 15.3. The molecule has 3 aliphatic carbocycles. The minimum atomic E-state index is 0.609. The van der Waals surface area contributed by atoms with E-state index >= 15 is 0 Å². The van der Waals surface area contributed by atoms with Crippen LogP contribution in [0.5, 0.6) is 0 Å². The van der Waals surface area contributed by atoms with E-state index in [1.54, 1.807) is 6.08 Å². The van der Waals surface area contributed by atoms with Gasteiger partial charge in [-0.15, -0.1) is 5.10 Å². The first-order valence-corrected chi connectivity index (χ1v) is 5.71. The highest BCUT2D eigenvalue weighted by Gasteiger charge is 2.28. The van der Waals surface area contributed by atoms with Crippen LogP contribution in [-0.4, -0.2) is 11.4 Å². The molecule has 0 aromatic heterocycles. The number of hydrogen-bond acceptors (Lipinski definition) is 4. The monoisotopic (exact) mass is 249 g/mol. The van der Waals surface area contributed by atoms with Crippen molar-refractivity contribution in [1.82, 2.24) is 0 Å². The van der Waals surface area contributed by atoms with Gasteiger partial charge in [0.25, 0.3) is 5.39 Å². The van der Waals surface area contributed by atoms with Gasteiger partial charge in [0.05, 0.1) is 5.71 Å². The second-order valence-electron chi connectivity index (χ2n) is 4.22. The van der Waals surface area contributed by atoms with Gasteiger partial charge >= 0.3 is 5.08 Å². The molecule has 0 atom stereocenters. The Hall–Kier alpha value is -2.94. The fraction of sp³-hybridized carbons (Fsp3) is 0.0769. The SMILES string of the molecule is N#[N+]N=C1C=CC2=C3C(=CC=CC3=NN=N)CC2=C1. The van der Waals surface area contributed by atoms with Gasteiger partial charge in [0.2, 0.25) is 0 Å². The van der Waals surface area contributed by atoms with Crippen molar-refractivity contribution in [3.8, 4) is 0 Å². The molecule has 3 aliphatic rings. The van der Waals surface area contributed by atoms with E-state index in [2.05, 4.69) is 20.5 Å². The van der Waals surface area contributed by atoms with Gasteiger partial charge in [0.15, 0.2) is 10.8 Å². The van der Waals surface area contributed by atoms with Crippen LogP contribution in [0.3, 0.4) is 0 Å². The zero-order chi connectivity index (χ0) is 13.2. The summed E-state index contributed by atoms with van der Waals surface area (Å²) in [7, 11) is 0. The van der Waals surface area contributed by atoms with Crippen LogP contribution in [0, 0.1) is 10.9 Å². The van der Waals surface area contributed by atoms with E-state index in [-0.39, 0.29) is 0 Å².